The quantitative estimate of drug-likeness (QED) is 0.0235. The van der Waals surface area contributed by atoms with E-state index in [2.05, 4.69) is 67.8 Å². The van der Waals surface area contributed by atoms with E-state index in [-0.39, 0.29) is 63.7 Å². The van der Waals surface area contributed by atoms with Gasteiger partial charge in [-0.05, 0) is 62.6 Å². The molecule has 3 rings (SSSR count). The summed E-state index contributed by atoms with van der Waals surface area (Å²) in [6.07, 6.45) is 3.34. The minimum atomic E-state index is -1.88. The summed E-state index contributed by atoms with van der Waals surface area (Å²) in [6, 6.07) is -5.71. The van der Waals surface area contributed by atoms with E-state index >= 15 is 0 Å². The van der Waals surface area contributed by atoms with Crippen molar-refractivity contribution in [1.82, 2.24) is 67.8 Å². The van der Waals surface area contributed by atoms with Gasteiger partial charge in [0.05, 0.1) is 25.5 Å². The molecule has 0 bridgehead atoms. The number of aromatic nitrogens is 4. The molecule has 22 N–H and O–H groups in total. The highest BCUT2D eigenvalue weighted by Crippen LogP contribution is 2.12. The standard InChI is InChI=1S/C52H76N18O15S/c1-27(71)62-32(11-13-40(54)72)46(79)68-38(20-30-24-59-26-61-30)51(84)67-36(18-28-8-4-3-5-9-28)49(82)69-37(19-29-23-58-25-60-29)50(83)64-33(12-14-41(55)73)47(80)63-31(10-6-7-16-53)45(78)65-34(15-17-86-2)48(81)70-39(22-43(75)76)52(85)66-35(44(57)77)21-42(56)74/h3-5,8-9,23-26,31-39H,6-7,10-22,53H2,1-2H3,(H2,54,72)(H2,55,73)(H2,56,74)(H2,57,77)(H,58,60)(H,59,61)(H,62,71)(H,63,80)(H,64,83)(H,65,78)(H,66,85)(H,67,84)(H,68,79)(H,69,82)(H,70,81)(H,75,76)/t31-,32-,33-,34-,35-,36-,37-,38-,39-/m0/s1. The van der Waals surface area contributed by atoms with Crippen molar-refractivity contribution in [2.75, 3.05) is 18.6 Å². The Labute approximate surface area is 497 Å². The van der Waals surface area contributed by atoms with E-state index in [0.29, 0.717) is 23.4 Å². The van der Waals surface area contributed by atoms with Crippen molar-refractivity contribution in [1.29, 1.82) is 0 Å². The van der Waals surface area contributed by atoms with E-state index in [1.165, 1.54) is 36.8 Å². The number of carboxylic acids is 1. The number of unbranched alkanes of at least 4 members (excludes halogenated alkanes) is 1. The number of thioether (sulfide) groups is 1. The van der Waals surface area contributed by atoms with E-state index in [1.54, 1.807) is 36.6 Å². The first-order chi connectivity index (χ1) is 40.8. The van der Waals surface area contributed by atoms with Crippen molar-refractivity contribution in [3.63, 3.8) is 0 Å². The zero-order valence-corrected chi connectivity index (χ0v) is 48.2. The number of nitrogens with two attached hydrogens (primary N) is 5. The molecular formula is C52H76N18O15S. The zero-order chi connectivity index (χ0) is 63.9. The number of benzene rings is 1. The molecule has 470 valence electrons. The van der Waals surface area contributed by atoms with Crippen LogP contribution in [0.5, 0.6) is 0 Å². The van der Waals surface area contributed by atoms with Crippen LogP contribution in [0.15, 0.2) is 55.4 Å². The maximum atomic E-state index is 14.7. The largest absolute Gasteiger partial charge is 0.481 e. The predicted octanol–water partition coefficient (Wildman–Crippen LogP) is -6.21. The van der Waals surface area contributed by atoms with Gasteiger partial charge in [-0.1, -0.05) is 30.3 Å². The first-order valence-corrected chi connectivity index (χ1v) is 28.4. The topological polar surface area (TPSA) is 555 Å². The van der Waals surface area contributed by atoms with Gasteiger partial charge in [-0.25, -0.2) is 9.97 Å². The van der Waals surface area contributed by atoms with Gasteiger partial charge in [0, 0.05) is 62.8 Å². The van der Waals surface area contributed by atoms with Crippen LogP contribution < -0.4 is 76.5 Å². The molecule has 1 aromatic carbocycles. The van der Waals surface area contributed by atoms with E-state index in [4.69, 9.17) is 28.7 Å². The number of hydrogen-bond donors (Lipinski definition) is 17. The zero-order valence-electron chi connectivity index (χ0n) is 47.4. The van der Waals surface area contributed by atoms with Crippen molar-refractivity contribution < 1.29 is 72.2 Å². The van der Waals surface area contributed by atoms with Gasteiger partial charge < -0.3 is 91.6 Å². The molecule has 86 heavy (non-hydrogen) atoms. The summed E-state index contributed by atoms with van der Waals surface area (Å²) < 4.78 is 0. The second-order valence-corrected chi connectivity index (χ2v) is 20.7. The third kappa shape index (κ3) is 26.4. The smallest absolute Gasteiger partial charge is 0.305 e. The Morgan fingerprint density at radius 3 is 1.28 bits per heavy atom. The van der Waals surface area contributed by atoms with Crippen LogP contribution in [0.2, 0.25) is 0 Å². The monoisotopic (exact) mass is 1220 g/mol. The summed E-state index contributed by atoms with van der Waals surface area (Å²) >= 11 is 1.25. The van der Waals surface area contributed by atoms with Gasteiger partial charge >= 0.3 is 5.97 Å². The third-order valence-corrected chi connectivity index (χ3v) is 13.4. The fourth-order valence-corrected chi connectivity index (χ4v) is 8.79. The number of rotatable bonds is 41. The van der Waals surface area contributed by atoms with Crippen molar-refractivity contribution >= 4 is 94.5 Å². The second-order valence-electron chi connectivity index (χ2n) is 19.7. The van der Waals surface area contributed by atoms with Crippen molar-refractivity contribution in [3.8, 4) is 0 Å². The van der Waals surface area contributed by atoms with E-state index < -0.39 is 163 Å². The lowest BCUT2D eigenvalue weighted by atomic mass is 10.0. The number of aliphatic carboxylic acids is 1. The number of imidazole rings is 2. The highest BCUT2D eigenvalue weighted by Gasteiger charge is 2.36. The van der Waals surface area contributed by atoms with Crippen LogP contribution in [0, 0.1) is 0 Å². The van der Waals surface area contributed by atoms with Gasteiger partial charge in [-0.3, -0.25) is 67.1 Å². The number of nitrogens with zero attached hydrogens (tertiary/aromatic N) is 2. The first-order valence-electron chi connectivity index (χ1n) is 27.0. The van der Waals surface area contributed by atoms with Gasteiger partial charge in [-0.15, -0.1) is 0 Å². The Balaban J connectivity index is 1.99. The van der Waals surface area contributed by atoms with Gasteiger partial charge in [0.15, 0.2) is 0 Å². The van der Waals surface area contributed by atoms with E-state index in [1.807, 2.05) is 0 Å². The van der Waals surface area contributed by atoms with Crippen LogP contribution in [0.3, 0.4) is 0 Å². The van der Waals surface area contributed by atoms with Crippen LogP contribution in [0.1, 0.15) is 88.1 Å². The molecule has 2 aromatic heterocycles. The maximum absolute atomic E-state index is 14.7. The molecule has 0 aliphatic heterocycles. The molecule has 34 heteroatoms. The SMILES string of the molecule is CSCC[C@H](NC(=O)[C@H](CCCCN)NC(=O)[C@H](CCC(N)=O)NC(=O)[C@H](Cc1cnc[nH]1)NC(=O)[C@H](Cc1ccccc1)NC(=O)[C@H](Cc1cnc[nH]1)NC(=O)[C@H](CCC(N)=O)NC(C)=O)C(=O)N[C@@H](CC(=O)O)C(=O)N[C@@H](CC(N)=O)C(N)=O. The number of carboxylic acid groups (broad SMARTS) is 1. The lowest BCUT2D eigenvalue weighted by molar-refractivity contribution is -0.141. The number of primary amides is 4. The summed E-state index contributed by atoms with van der Waals surface area (Å²) in [7, 11) is 0. The number of hydrogen-bond acceptors (Lipinski definition) is 18. The lowest BCUT2D eigenvalue weighted by Crippen LogP contribution is -2.61. The van der Waals surface area contributed by atoms with Crippen LogP contribution in [-0.2, 0) is 86.4 Å². The molecule has 0 fully saturated rings. The molecule has 0 aliphatic rings. The molecular weight excluding hydrogens is 1150 g/mol. The summed E-state index contributed by atoms with van der Waals surface area (Å²) in [5.41, 5.74) is 28.2. The number of carbonyl (C=O) groups is 14. The Morgan fingerprint density at radius 2 is 0.884 bits per heavy atom. The molecule has 0 saturated carbocycles. The van der Waals surface area contributed by atoms with Crippen molar-refractivity contribution in [3.05, 3.63) is 72.3 Å². The van der Waals surface area contributed by atoms with Gasteiger partial charge in [0.1, 0.15) is 54.4 Å². The Hall–Kier alpha value is -9.47. The summed E-state index contributed by atoms with van der Waals surface area (Å²) in [6.45, 7) is 1.30. The van der Waals surface area contributed by atoms with Gasteiger partial charge in [0.2, 0.25) is 76.8 Å². The summed E-state index contributed by atoms with van der Waals surface area (Å²) in [4.78, 5) is 198. The minimum Gasteiger partial charge on any atom is -0.481 e. The maximum Gasteiger partial charge on any atom is 0.305 e. The van der Waals surface area contributed by atoms with Gasteiger partial charge in [0.25, 0.3) is 0 Å². The van der Waals surface area contributed by atoms with Crippen LogP contribution in [0.25, 0.3) is 0 Å². The number of aromatic amines is 2. The van der Waals surface area contributed by atoms with Crippen molar-refractivity contribution in [2.24, 2.45) is 28.7 Å². The van der Waals surface area contributed by atoms with E-state index in [9.17, 15) is 72.2 Å². The van der Waals surface area contributed by atoms with E-state index in [0.717, 1.165) is 6.92 Å². The molecule has 2 heterocycles. The molecule has 0 radical (unpaired) electrons. The highest BCUT2D eigenvalue weighted by molar-refractivity contribution is 7.98. The molecule has 3 aromatic rings. The van der Waals surface area contributed by atoms with Gasteiger partial charge in [-0.2, -0.15) is 11.8 Å². The molecule has 9 atom stereocenters. The number of nitrogens with one attached hydrogen (secondary N) is 11. The highest BCUT2D eigenvalue weighted by atomic mass is 32.2. The van der Waals surface area contributed by atoms with Crippen LogP contribution >= 0.6 is 11.8 Å². The molecule has 13 amide bonds. The van der Waals surface area contributed by atoms with Crippen LogP contribution in [-0.4, -0.2) is 181 Å². The fourth-order valence-electron chi connectivity index (χ4n) is 8.32. The minimum absolute atomic E-state index is 0.117. The fraction of sp³-hybridized carbons (Fsp3) is 0.500. The normalized spacial score (nSPS) is 14.0. The summed E-state index contributed by atoms with van der Waals surface area (Å²) in [5, 5.41) is 31.8. The second kappa shape index (κ2) is 37.0. The average Bonchev–Trinajstić information content (AvgIpc) is 3.62. The lowest BCUT2D eigenvalue weighted by Gasteiger charge is -2.28. The molecule has 33 nitrogen and oxygen atoms in total. The number of H-pyrrole nitrogens is 2. The molecule has 0 spiro atoms. The predicted molar refractivity (Wildman–Crippen MR) is 306 cm³/mol. The number of carbonyl (C=O) groups excluding carboxylic acids is 13. The third-order valence-electron chi connectivity index (χ3n) is 12.7. The van der Waals surface area contributed by atoms with Crippen molar-refractivity contribution in [2.45, 2.75) is 145 Å². The Morgan fingerprint density at radius 1 is 0.488 bits per heavy atom. The first kappa shape index (κ1) is 70.8. The molecule has 0 aliphatic carbocycles. The van der Waals surface area contributed by atoms with Crippen LogP contribution in [0.4, 0.5) is 0 Å². The average molecular weight is 1230 g/mol. The Bertz CT molecular complexity index is 2810. The molecule has 0 unspecified atom stereocenters. The Kier molecular flexibility index (Phi) is 30.4. The number of amides is 13. The molecule has 0 saturated heterocycles. The summed E-state index contributed by atoms with van der Waals surface area (Å²) in [5.74, 6) is -13.9.